The van der Waals surface area contributed by atoms with Gasteiger partial charge in [0.05, 0.1) is 0 Å². The molecule has 0 heterocycles. The predicted molar refractivity (Wildman–Crippen MR) is 60.8 cm³/mol. The smallest absolute Gasteiger partial charge is 0.0281 e. The molecule has 0 fully saturated rings. The third-order valence-corrected chi connectivity index (χ3v) is 1.55. The molecule has 1 rings (SSSR count). The van der Waals surface area contributed by atoms with E-state index in [-0.39, 0.29) is 0 Å². The zero-order chi connectivity index (χ0) is 9.94. The van der Waals surface area contributed by atoms with Gasteiger partial charge in [-0.2, -0.15) is 0 Å². The summed E-state index contributed by atoms with van der Waals surface area (Å²) in [6, 6.07) is 10.6. The van der Waals surface area contributed by atoms with Gasteiger partial charge in [0.2, 0.25) is 0 Å². The monoisotopic (exact) mass is 174 g/mol. The van der Waals surface area contributed by atoms with E-state index in [2.05, 4.69) is 50.4 Å². The second-order valence-corrected chi connectivity index (χ2v) is 2.71. The van der Waals surface area contributed by atoms with Crippen LogP contribution in [-0.2, 0) is 6.42 Å². The van der Waals surface area contributed by atoms with Crippen molar-refractivity contribution in [1.29, 1.82) is 0 Å². The van der Waals surface area contributed by atoms with Gasteiger partial charge in [0.25, 0.3) is 0 Å². The molecule has 0 radical (unpaired) electrons. The van der Waals surface area contributed by atoms with Crippen molar-refractivity contribution in [1.82, 2.24) is 0 Å². The number of hydrogen-bond acceptors (Lipinski definition) is 0. The van der Waals surface area contributed by atoms with Crippen LogP contribution in [0, 0.1) is 0 Å². The summed E-state index contributed by atoms with van der Waals surface area (Å²) in [6.07, 6.45) is 5.73. The Balaban J connectivity index is 0.000000310. The van der Waals surface area contributed by atoms with Gasteiger partial charge in [-0.1, -0.05) is 69.0 Å². The molecule has 1 aromatic rings. The van der Waals surface area contributed by atoms with Crippen LogP contribution >= 0.6 is 0 Å². The average molecular weight is 174 g/mol. The quantitative estimate of drug-likeness (QED) is 0.608. The number of hydrogen-bond donors (Lipinski definition) is 0. The SMILES string of the molecule is C=CC=C.CCCc1ccccc1. The molecule has 1 aromatic carbocycles. The highest BCUT2D eigenvalue weighted by molar-refractivity contribution is 5.14. The van der Waals surface area contributed by atoms with Crippen LogP contribution in [0.1, 0.15) is 18.9 Å². The van der Waals surface area contributed by atoms with E-state index in [1.807, 2.05) is 0 Å². The summed E-state index contributed by atoms with van der Waals surface area (Å²) >= 11 is 0. The Kier molecular flexibility index (Phi) is 7.91. The summed E-state index contributed by atoms with van der Waals surface area (Å²) in [7, 11) is 0. The molecule has 0 saturated carbocycles. The Morgan fingerprint density at radius 2 is 1.62 bits per heavy atom. The molecule has 13 heavy (non-hydrogen) atoms. The molecule has 0 saturated heterocycles. The van der Waals surface area contributed by atoms with Crippen LogP contribution in [0.3, 0.4) is 0 Å². The van der Waals surface area contributed by atoms with Crippen LogP contribution in [0.5, 0.6) is 0 Å². The fourth-order valence-electron chi connectivity index (χ4n) is 0.933. The molecule has 0 spiro atoms. The van der Waals surface area contributed by atoms with Gasteiger partial charge < -0.3 is 0 Å². The number of benzene rings is 1. The highest BCUT2D eigenvalue weighted by Crippen LogP contribution is 2.00. The lowest BCUT2D eigenvalue weighted by atomic mass is 10.1. The fourth-order valence-corrected chi connectivity index (χ4v) is 0.933. The first-order valence-corrected chi connectivity index (χ1v) is 4.62. The minimum absolute atomic E-state index is 1.21. The van der Waals surface area contributed by atoms with Crippen molar-refractivity contribution in [2.45, 2.75) is 19.8 Å². The molecule has 0 N–H and O–H groups in total. The lowest BCUT2D eigenvalue weighted by molar-refractivity contribution is 0.922. The molecule has 0 bridgehead atoms. The van der Waals surface area contributed by atoms with Crippen LogP contribution < -0.4 is 0 Å². The van der Waals surface area contributed by atoms with Crippen molar-refractivity contribution in [2.75, 3.05) is 0 Å². The van der Waals surface area contributed by atoms with E-state index < -0.39 is 0 Å². The van der Waals surface area contributed by atoms with Gasteiger partial charge in [0, 0.05) is 0 Å². The van der Waals surface area contributed by atoms with Crippen molar-refractivity contribution >= 4 is 0 Å². The molecule has 0 amide bonds. The van der Waals surface area contributed by atoms with Crippen LogP contribution in [0.25, 0.3) is 0 Å². The van der Waals surface area contributed by atoms with Gasteiger partial charge in [-0.25, -0.2) is 0 Å². The van der Waals surface area contributed by atoms with Gasteiger partial charge in [0.1, 0.15) is 0 Å². The second-order valence-electron chi connectivity index (χ2n) is 2.71. The first kappa shape index (κ1) is 11.7. The van der Waals surface area contributed by atoms with Gasteiger partial charge >= 0.3 is 0 Å². The van der Waals surface area contributed by atoms with E-state index in [0.29, 0.717) is 0 Å². The van der Waals surface area contributed by atoms with Gasteiger partial charge in [-0.15, -0.1) is 0 Å². The molecule has 0 aromatic heterocycles. The molecule has 0 nitrogen and oxygen atoms in total. The van der Waals surface area contributed by atoms with E-state index in [9.17, 15) is 0 Å². The molecule has 0 aliphatic carbocycles. The van der Waals surface area contributed by atoms with E-state index >= 15 is 0 Å². The summed E-state index contributed by atoms with van der Waals surface area (Å²) < 4.78 is 0. The maximum atomic E-state index is 3.36. The standard InChI is InChI=1S/C9H12.C4H6/c1-2-6-9-7-4-3-5-8-9;1-3-4-2/h3-5,7-8H,2,6H2,1H3;3-4H,1-2H2. The zero-order valence-corrected chi connectivity index (χ0v) is 8.37. The topological polar surface area (TPSA) is 0 Å². The number of rotatable bonds is 3. The maximum absolute atomic E-state index is 3.36. The normalized spacial score (nSPS) is 8.08. The van der Waals surface area contributed by atoms with Crippen molar-refractivity contribution in [3.63, 3.8) is 0 Å². The largest absolute Gasteiger partial charge is 0.0991 e. The van der Waals surface area contributed by atoms with Gasteiger partial charge in [-0.05, 0) is 12.0 Å². The fraction of sp³-hybridized carbons (Fsp3) is 0.231. The molecule has 0 aliphatic rings. The Hall–Kier alpha value is -1.30. The molecule has 70 valence electrons. The Bertz CT molecular complexity index is 215. The lowest BCUT2D eigenvalue weighted by Crippen LogP contribution is -1.78. The van der Waals surface area contributed by atoms with E-state index in [0.717, 1.165) is 0 Å². The molecule has 0 unspecified atom stereocenters. The summed E-state index contributed by atoms with van der Waals surface area (Å²) in [5.74, 6) is 0. The highest BCUT2D eigenvalue weighted by Gasteiger charge is 1.84. The van der Waals surface area contributed by atoms with Gasteiger partial charge in [-0.3, -0.25) is 0 Å². The lowest BCUT2D eigenvalue weighted by Gasteiger charge is -1.93. The first-order valence-electron chi connectivity index (χ1n) is 4.62. The van der Waals surface area contributed by atoms with E-state index in [4.69, 9.17) is 0 Å². The minimum Gasteiger partial charge on any atom is -0.0991 e. The Labute approximate surface area is 81.6 Å². The summed E-state index contributed by atoms with van der Waals surface area (Å²) in [6.45, 7) is 8.92. The summed E-state index contributed by atoms with van der Waals surface area (Å²) in [4.78, 5) is 0. The van der Waals surface area contributed by atoms with E-state index in [1.165, 1.54) is 18.4 Å². The number of allylic oxidation sites excluding steroid dienone is 2. The molecular weight excluding hydrogens is 156 g/mol. The molecule has 0 atom stereocenters. The van der Waals surface area contributed by atoms with Crippen molar-refractivity contribution < 1.29 is 0 Å². The maximum Gasteiger partial charge on any atom is -0.0281 e. The van der Waals surface area contributed by atoms with Crippen molar-refractivity contribution in [3.8, 4) is 0 Å². The predicted octanol–water partition coefficient (Wildman–Crippen LogP) is 4.00. The first-order chi connectivity index (χ1) is 6.35. The molecular formula is C13H18. The molecule has 0 heteroatoms. The highest BCUT2D eigenvalue weighted by atomic mass is 13.9. The van der Waals surface area contributed by atoms with Crippen LogP contribution in [0.2, 0.25) is 0 Å². The molecule has 0 aliphatic heterocycles. The van der Waals surface area contributed by atoms with Crippen molar-refractivity contribution in [3.05, 3.63) is 61.2 Å². The van der Waals surface area contributed by atoms with Crippen molar-refractivity contribution in [2.24, 2.45) is 0 Å². The second kappa shape index (κ2) is 8.79. The Morgan fingerprint density at radius 3 is 2.00 bits per heavy atom. The number of aryl methyl sites for hydroxylation is 1. The van der Waals surface area contributed by atoms with E-state index in [1.54, 1.807) is 12.2 Å². The average Bonchev–Trinajstić information content (AvgIpc) is 2.20. The van der Waals surface area contributed by atoms with Crippen LogP contribution in [-0.4, -0.2) is 0 Å². The summed E-state index contributed by atoms with van der Waals surface area (Å²) in [5.41, 5.74) is 1.44. The third-order valence-electron chi connectivity index (χ3n) is 1.55. The summed E-state index contributed by atoms with van der Waals surface area (Å²) in [5, 5.41) is 0. The zero-order valence-electron chi connectivity index (χ0n) is 8.37. The van der Waals surface area contributed by atoms with Gasteiger partial charge in [0.15, 0.2) is 0 Å². The van der Waals surface area contributed by atoms with Crippen LogP contribution in [0.4, 0.5) is 0 Å². The third kappa shape index (κ3) is 7.07. The minimum atomic E-state index is 1.21. The van der Waals surface area contributed by atoms with Crippen LogP contribution in [0.15, 0.2) is 55.6 Å². The Morgan fingerprint density at radius 1 is 1.08 bits per heavy atom.